The van der Waals surface area contributed by atoms with Crippen LogP contribution in [-0.2, 0) is 9.53 Å². The van der Waals surface area contributed by atoms with Crippen molar-refractivity contribution in [2.24, 2.45) is 5.92 Å². The molecule has 0 saturated heterocycles. The van der Waals surface area contributed by atoms with Gasteiger partial charge in [-0.2, -0.15) is 0 Å². The summed E-state index contributed by atoms with van der Waals surface area (Å²) in [6.45, 7) is 7.88. The van der Waals surface area contributed by atoms with Crippen LogP contribution in [0.25, 0.3) is 0 Å². The van der Waals surface area contributed by atoms with Crippen molar-refractivity contribution in [3.8, 4) is 0 Å². The van der Waals surface area contributed by atoms with Gasteiger partial charge in [-0.1, -0.05) is 32.6 Å². The molecule has 0 aliphatic carbocycles. The van der Waals surface area contributed by atoms with Crippen LogP contribution in [0.3, 0.4) is 0 Å². The Hall–Kier alpha value is -1.26. The summed E-state index contributed by atoms with van der Waals surface area (Å²) in [5.41, 5.74) is -0.453. The van der Waals surface area contributed by atoms with Crippen LogP contribution in [0.5, 0.6) is 0 Å². The lowest BCUT2D eigenvalue weighted by Gasteiger charge is -2.19. The number of hydrogen-bond donors (Lipinski definition) is 2. The van der Waals surface area contributed by atoms with Crippen molar-refractivity contribution < 1.29 is 19.4 Å². The highest BCUT2D eigenvalue weighted by Gasteiger charge is 2.15. The summed E-state index contributed by atoms with van der Waals surface area (Å²) in [7, 11) is 0. The first-order chi connectivity index (χ1) is 9.22. The molecule has 0 aromatic rings. The average Bonchev–Trinajstić information content (AvgIpc) is 2.29. The summed E-state index contributed by atoms with van der Waals surface area (Å²) in [6.07, 6.45) is 5.41. The number of carboxylic acid groups (broad SMARTS) is 1. The number of amides is 1. The van der Waals surface area contributed by atoms with Gasteiger partial charge >= 0.3 is 12.1 Å². The number of carboxylic acids is 1. The van der Waals surface area contributed by atoms with Crippen molar-refractivity contribution in [1.29, 1.82) is 0 Å². The van der Waals surface area contributed by atoms with Gasteiger partial charge in [0, 0.05) is 6.54 Å². The Morgan fingerprint density at radius 3 is 2.20 bits per heavy atom. The highest BCUT2D eigenvalue weighted by Crippen LogP contribution is 2.11. The molecule has 0 aromatic heterocycles. The van der Waals surface area contributed by atoms with Crippen molar-refractivity contribution in [3.63, 3.8) is 0 Å². The molecule has 0 bridgehead atoms. The number of unbranched alkanes of at least 4 members (excludes halogenated alkanes) is 4. The Labute approximate surface area is 122 Å². The number of ether oxygens (including phenoxy) is 1. The van der Waals surface area contributed by atoms with Crippen LogP contribution in [-0.4, -0.2) is 29.3 Å². The summed E-state index contributed by atoms with van der Waals surface area (Å²) in [6, 6.07) is 0. The van der Waals surface area contributed by atoms with E-state index in [2.05, 4.69) is 5.32 Å². The van der Waals surface area contributed by atoms with Crippen LogP contribution in [0, 0.1) is 5.92 Å². The van der Waals surface area contributed by atoms with Crippen molar-refractivity contribution in [1.82, 2.24) is 5.32 Å². The lowest BCUT2D eigenvalue weighted by Crippen LogP contribution is -2.32. The van der Waals surface area contributed by atoms with Gasteiger partial charge in [-0.05, 0) is 33.6 Å². The minimum atomic E-state index is -0.716. The molecule has 0 fully saturated rings. The molecule has 2 N–H and O–H groups in total. The highest BCUT2D eigenvalue weighted by atomic mass is 16.6. The molecule has 0 aliphatic rings. The minimum absolute atomic E-state index is 0.246. The maximum absolute atomic E-state index is 11.3. The zero-order valence-electron chi connectivity index (χ0n) is 13.2. The largest absolute Gasteiger partial charge is 0.481 e. The number of alkyl carbamates (subject to hydrolysis) is 1. The number of nitrogens with one attached hydrogen (secondary N) is 1. The number of rotatable bonds is 9. The third-order valence-corrected chi connectivity index (χ3v) is 2.90. The molecule has 0 spiro atoms. The lowest BCUT2D eigenvalue weighted by atomic mass is 10.0. The van der Waals surface area contributed by atoms with E-state index < -0.39 is 11.6 Å². The van der Waals surface area contributed by atoms with E-state index in [4.69, 9.17) is 9.84 Å². The van der Waals surface area contributed by atoms with E-state index in [1.165, 1.54) is 0 Å². The van der Waals surface area contributed by atoms with Crippen molar-refractivity contribution >= 4 is 12.1 Å². The Kier molecular flexibility index (Phi) is 9.01. The van der Waals surface area contributed by atoms with Crippen LogP contribution in [0.1, 0.15) is 66.2 Å². The smallest absolute Gasteiger partial charge is 0.407 e. The molecule has 1 unspecified atom stereocenters. The van der Waals surface area contributed by atoms with E-state index in [0.717, 1.165) is 38.5 Å². The van der Waals surface area contributed by atoms with E-state index in [1.807, 2.05) is 20.8 Å². The summed E-state index contributed by atoms with van der Waals surface area (Å²) in [4.78, 5) is 22.0. The van der Waals surface area contributed by atoms with E-state index in [9.17, 15) is 9.59 Å². The summed E-state index contributed by atoms with van der Waals surface area (Å²) in [5.74, 6) is -0.963. The number of carbonyl (C=O) groups excluding carboxylic acids is 1. The maximum Gasteiger partial charge on any atom is 0.407 e. The Morgan fingerprint density at radius 2 is 1.65 bits per heavy atom. The zero-order chi connectivity index (χ0) is 15.6. The molecular formula is C15H29NO4. The van der Waals surface area contributed by atoms with Gasteiger partial charge in [-0.15, -0.1) is 0 Å². The second kappa shape index (κ2) is 9.61. The molecule has 0 rings (SSSR count). The van der Waals surface area contributed by atoms with Crippen molar-refractivity contribution in [2.75, 3.05) is 6.54 Å². The fraction of sp³-hybridized carbons (Fsp3) is 0.867. The Morgan fingerprint density at radius 1 is 1.10 bits per heavy atom. The first kappa shape index (κ1) is 18.7. The van der Waals surface area contributed by atoms with Crippen LogP contribution in [0.2, 0.25) is 0 Å². The van der Waals surface area contributed by atoms with Crippen LogP contribution >= 0.6 is 0 Å². The molecule has 5 nitrogen and oxygen atoms in total. The van der Waals surface area contributed by atoms with Gasteiger partial charge in [-0.3, -0.25) is 4.79 Å². The molecular weight excluding hydrogens is 258 g/mol. The van der Waals surface area contributed by atoms with E-state index in [1.54, 1.807) is 6.92 Å². The van der Waals surface area contributed by atoms with Crippen molar-refractivity contribution in [3.05, 3.63) is 0 Å². The molecule has 0 aliphatic heterocycles. The second-order valence-corrected chi connectivity index (χ2v) is 6.22. The van der Waals surface area contributed by atoms with Gasteiger partial charge in [0.05, 0.1) is 5.92 Å². The number of carbonyl (C=O) groups is 2. The van der Waals surface area contributed by atoms with Crippen molar-refractivity contribution in [2.45, 2.75) is 71.8 Å². The third kappa shape index (κ3) is 11.8. The SMILES string of the molecule is CC(CCCCCCCNC(=O)OC(C)(C)C)C(=O)O. The lowest BCUT2D eigenvalue weighted by molar-refractivity contribution is -0.141. The topological polar surface area (TPSA) is 75.6 Å². The Bertz CT molecular complexity index is 297. The van der Waals surface area contributed by atoms with Gasteiger partial charge in [-0.25, -0.2) is 4.79 Å². The molecule has 20 heavy (non-hydrogen) atoms. The van der Waals surface area contributed by atoms with Crippen LogP contribution in [0.15, 0.2) is 0 Å². The summed E-state index contributed by atoms with van der Waals surface area (Å²) < 4.78 is 5.13. The standard InChI is InChI=1S/C15H29NO4/c1-12(13(17)18)10-8-6-5-7-9-11-16-14(19)20-15(2,3)4/h12H,5-11H2,1-4H3,(H,16,19)(H,17,18). The van der Waals surface area contributed by atoms with E-state index in [0.29, 0.717) is 6.54 Å². The first-order valence-electron chi connectivity index (χ1n) is 7.42. The molecule has 5 heteroatoms. The van der Waals surface area contributed by atoms with Gasteiger partial charge in [0.2, 0.25) is 0 Å². The fourth-order valence-electron chi connectivity index (χ4n) is 1.73. The molecule has 1 atom stereocenters. The van der Waals surface area contributed by atoms with Gasteiger partial charge in [0.1, 0.15) is 5.60 Å². The van der Waals surface area contributed by atoms with E-state index in [-0.39, 0.29) is 12.0 Å². The second-order valence-electron chi connectivity index (χ2n) is 6.22. The van der Waals surface area contributed by atoms with Gasteiger partial charge < -0.3 is 15.2 Å². The van der Waals surface area contributed by atoms with Crippen LogP contribution < -0.4 is 5.32 Å². The predicted molar refractivity (Wildman–Crippen MR) is 78.7 cm³/mol. The van der Waals surface area contributed by atoms with E-state index >= 15 is 0 Å². The molecule has 0 saturated carbocycles. The Balaban J connectivity index is 3.37. The zero-order valence-corrected chi connectivity index (χ0v) is 13.2. The van der Waals surface area contributed by atoms with Crippen LogP contribution in [0.4, 0.5) is 4.79 Å². The monoisotopic (exact) mass is 287 g/mol. The maximum atomic E-state index is 11.3. The molecule has 1 amide bonds. The molecule has 0 radical (unpaired) electrons. The average molecular weight is 287 g/mol. The molecule has 118 valence electrons. The summed E-state index contributed by atoms with van der Waals surface area (Å²) >= 11 is 0. The fourth-order valence-corrected chi connectivity index (χ4v) is 1.73. The van der Waals surface area contributed by atoms with Gasteiger partial charge in [0.25, 0.3) is 0 Å². The number of hydrogen-bond acceptors (Lipinski definition) is 3. The predicted octanol–water partition coefficient (Wildman–Crippen LogP) is 3.57. The normalized spacial score (nSPS) is 12.8. The quantitative estimate of drug-likeness (QED) is 0.636. The molecule has 0 aromatic carbocycles. The highest BCUT2D eigenvalue weighted by molar-refractivity contribution is 5.69. The van der Waals surface area contributed by atoms with Gasteiger partial charge in [0.15, 0.2) is 0 Å². The minimum Gasteiger partial charge on any atom is -0.481 e. The first-order valence-corrected chi connectivity index (χ1v) is 7.42. The number of aliphatic carboxylic acids is 1. The molecule has 0 heterocycles. The summed E-state index contributed by atoms with van der Waals surface area (Å²) in [5, 5.41) is 11.5. The third-order valence-electron chi connectivity index (χ3n) is 2.90.